The summed E-state index contributed by atoms with van der Waals surface area (Å²) >= 11 is 4.89. The molecule has 1 heterocycles. The van der Waals surface area contributed by atoms with Crippen LogP contribution in [0.5, 0.6) is 0 Å². The van der Waals surface area contributed by atoms with Gasteiger partial charge < -0.3 is 5.32 Å². The maximum atomic E-state index is 11.8. The van der Waals surface area contributed by atoms with E-state index in [1.807, 2.05) is 0 Å². The van der Waals surface area contributed by atoms with Crippen LogP contribution in [0.1, 0.15) is 0 Å². The van der Waals surface area contributed by atoms with Gasteiger partial charge in [0.25, 0.3) is 5.56 Å². The van der Waals surface area contributed by atoms with E-state index in [1.165, 1.54) is 4.68 Å². The molecular weight excluding hydrogens is 314 g/mol. The van der Waals surface area contributed by atoms with E-state index in [9.17, 15) is 4.79 Å². The minimum absolute atomic E-state index is 0.162. The number of hydrogen-bond acceptors (Lipinski definition) is 4. The van der Waals surface area contributed by atoms with E-state index in [1.54, 1.807) is 18.0 Å². The van der Waals surface area contributed by atoms with E-state index < -0.39 is 0 Å². The summed E-state index contributed by atoms with van der Waals surface area (Å²) < 4.78 is 1.66. The summed E-state index contributed by atoms with van der Waals surface area (Å²) in [5.74, 6) is 6.48. The van der Waals surface area contributed by atoms with Gasteiger partial charge in [-0.15, -0.1) is 24.6 Å². The Hall–Kier alpha value is -1.37. The molecule has 1 rings (SSSR count). The van der Waals surface area contributed by atoms with Crippen molar-refractivity contribution in [1.29, 1.82) is 0 Å². The van der Waals surface area contributed by atoms with Gasteiger partial charge in [0.15, 0.2) is 0 Å². The van der Waals surface area contributed by atoms with Crippen molar-refractivity contribution in [2.24, 2.45) is 0 Å². The van der Waals surface area contributed by atoms with Crippen LogP contribution in [-0.2, 0) is 6.54 Å². The lowest BCUT2D eigenvalue weighted by atomic mass is 10.4. The minimum Gasteiger partial charge on any atom is -0.382 e. The number of hydrogen-bond donors (Lipinski definition) is 1. The maximum absolute atomic E-state index is 11.8. The van der Waals surface area contributed by atoms with Crippen LogP contribution in [0.3, 0.4) is 0 Å². The standard InChI is InChI=1S/C12H12BrN3OS/c1-3-6-16-12(17)11(13)10(9-15-16)14-5-8-18-7-4-2/h1-2,9,14H,5-8H2. The molecule has 0 saturated heterocycles. The minimum atomic E-state index is -0.241. The SMILES string of the molecule is C#CCSCCNc1cnn(CC#C)c(=O)c1Br. The van der Waals surface area contributed by atoms with Crippen LogP contribution in [0.15, 0.2) is 15.5 Å². The van der Waals surface area contributed by atoms with Gasteiger partial charge in [-0.2, -0.15) is 5.10 Å². The summed E-state index contributed by atoms with van der Waals surface area (Å²) in [4.78, 5) is 11.8. The van der Waals surface area contributed by atoms with Crippen molar-refractivity contribution >= 4 is 33.4 Å². The summed E-state index contributed by atoms with van der Waals surface area (Å²) in [6.45, 7) is 0.876. The Morgan fingerprint density at radius 1 is 1.50 bits per heavy atom. The molecule has 4 nitrogen and oxygen atoms in total. The molecule has 0 aliphatic rings. The molecule has 0 atom stereocenters. The molecule has 0 bridgehead atoms. The summed E-state index contributed by atoms with van der Waals surface area (Å²) in [6.07, 6.45) is 11.9. The largest absolute Gasteiger partial charge is 0.382 e. The van der Waals surface area contributed by atoms with Crippen LogP contribution in [0.2, 0.25) is 0 Å². The monoisotopic (exact) mass is 325 g/mol. The molecule has 1 aromatic rings. The van der Waals surface area contributed by atoms with E-state index in [0.29, 0.717) is 22.5 Å². The first-order chi connectivity index (χ1) is 8.70. The topological polar surface area (TPSA) is 46.9 Å². The predicted molar refractivity (Wildman–Crippen MR) is 79.7 cm³/mol. The van der Waals surface area contributed by atoms with Gasteiger partial charge in [0, 0.05) is 12.3 Å². The smallest absolute Gasteiger partial charge is 0.284 e. The second kappa shape index (κ2) is 7.86. The lowest BCUT2D eigenvalue weighted by molar-refractivity contribution is 0.659. The van der Waals surface area contributed by atoms with Crippen LogP contribution in [0.4, 0.5) is 5.69 Å². The highest BCUT2D eigenvalue weighted by Crippen LogP contribution is 2.15. The lowest BCUT2D eigenvalue weighted by Crippen LogP contribution is -2.24. The molecular formula is C12H12BrN3OS. The Morgan fingerprint density at radius 3 is 2.94 bits per heavy atom. The van der Waals surface area contributed by atoms with Crippen LogP contribution in [0.25, 0.3) is 0 Å². The number of anilines is 1. The maximum Gasteiger partial charge on any atom is 0.284 e. The van der Waals surface area contributed by atoms with Gasteiger partial charge in [0.2, 0.25) is 0 Å². The van der Waals surface area contributed by atoms with Gasteiger partial charge >= 0.3 is 0 Å². The highest BCUT2D eigenvalue weighted by Gasteiger charge is 2.07. The third kappa shape index (κ3) is 4.14. The van der Waals surface area contributed by atoms with Crippen LogP contribution >= 0.6 is 27.7 Å². The van der Waals surface area contributed by atoms with Gasteiger partial charge in [-0.1, -0.05) is 11.8 Å². The highest BCUT2D eigenvalue weighted by molar-refractivity contribution is 9.10. The molecule has 0 amide bonds. The molecule has 0 aliphatic heterocycles. The van der Waals surface area contributed by atoms with Crippen molar-refractivity contribution in [1.82, 2.24) is 9.78 Å². The third-order valence-electron chi connectivity index (χ3n) is 1.97. The molecule has 0 spiro atoms. The van der Waals surface area contributed by atoms with Crippen molar-refractivity contribution in [3.8, 4) is 24.7 Å². The summed E-state index contributed by atoms with van der Waals surface area (Å²) in [5.41, 5.74) is 0.420. The zero-order valence-corrected chi connectivity index (χ0v) is 12.1. The van der Waals surface area contributed by atoms with E-state index in [4.69, 9.17) is 12.8 Å². The Bertz CT molecular complexity index is 542. The van der Waals surface area contributed by atoms with Crippen LogP contribution in [-0.4, -0.2) is 27.8 Å². The third-order valence-corrected chi connectivity index (χ3v) is 3.60. The van der Waals surface area contributed by atoms with Gasteiger partial charge in [-0.3, -0.25) is 4.79 Å². The summed E-state index contributed by atoms with van der Waals surface area (Å²) in [7, 11) is 0. The molecule has 1 N–H and O–H groups in total. The van der Waals surface area contributed by atoms with E-state index in [0.717, 1.165) is 5.75 Å². The second-order valence-corrected chi connectivity index (χ2v) is 5.12. The van der Waals surface area contributed by atoms with Gasteiger partial charge in [0.1, 0.15) is 11.0 Å². The fourth-order valence-corrected chi connectivity index (χ4v) is 2.13. The first-order valence-electron chi connectivity index (χ1n) is 5.15. The molecule has 0 aliphatic carbocycles. The normalized spacial score (nSPS) is 9.50. The van der Waals surface area contributed by atoms with Crippen LogP contribution < -0.4 is 10.9 Å². The van der Waals surface area contributed by atoms with Crippen molar-refractivity contribution in [2.75, 3.05) is 23.4 Å². The number of nitrogens with zero attached hydrogens (tertiary/aromatic N) is 2. The van der Waals surface area contributed by atoms with E-state index >= 15 is 0 Å². The molecule has 6 heteroatoms. The lowest BCUT2D eigenvalue weighted by Gasteiger charge is -2.08. The van der Waals surface area contributed by atoms with Crippen molar-refractivity contribution in [3.63, 3.8) is 0 Å². The fourth-order valence-electron chi connectivity index (χ4n) is 1.18. The molecule has 18 heavy (non-hydrogen) atoms. The Balaban J connectivity index is 2.63. The molecule has 94 valence electrons. The number of terminal acetylenes is 2. The Morgan fingerprint density at radius 2 is 2.28 bits per heavy atom. The first-order valence-corrected chi connectivity index (χ1v) is 7.09. The molecule has 0 fully saturated rings. The number of halogens is 1. The average molecular weight is 326 g/mol. The Labute approximate surface area is 119 Å². The zero-order valence-electron chi connectivity index (χ0n) is 9.65. The zero-order chi connectivity index (χ0) is 13.4. The highest BCUT2D eigenvalue weighted by atomic mass is 79.9. The number of rotatable bonds is 6. The van der Waals surface area contributed by atoms with Crippen molar-refractivity contribution in [3.05, 3.63) is 21.0 Å². The second-order valence-electron chi connectivity index (χ2n) is 3.22. The van der Waals surface area contributed by atoms with E-state index in [2.05, 4.69) is 38.2 Å². The van der Waals surface area contributed by atoms with Crippen molar-refractivity contribution < 1.29 is 0 Å². The molecule has 0 saturated carbocycles. The number of thioether (sulfide) groups is 1. The number of nitrogens with one attached hydrogen (secondary N) is 1. The molecule has 0 unspecified atom stereocenters. The predicted octanol–water partition coefficient (Wildman–Crippen LogP) is 1.42. The van der Waals surface area contributed by atoms with Crippen molar-refractivity contribution in [2.45, 2.75) is 6.54 Å². The molecule has 0 aromatic carbocycles. The molecule has 0 radical (unpaired) electrons. The average Bonchev–Trinajstić information content (AvgIpc) is 2.37. The summed E-state index contributed by atoms with van der Waals surface area (Å²) in [6, 6.07) is 0. The van der Waals surface area contributed by atoms with E-state index in [-0.39, 0.29) is 12.1 Å². The molecule has 1 aromatic heterocycles. The van der Waals surface area contributed by atoms with Crippen LogP contribution in [0, 0.1) is 24.7 Å². The summed E-state index contributed by atoms with van der Waals surface area (Å²) in [5, 5.41) is 7.09. The quantitative estimate of drug-likeness (QED) is 0.634. The number of aromatic nitrogens is 2. The van der Waals surface area contributed by atoms with Gasteiger partial charge in [-0.25, -0.2) is 4.68 Å². The first kappa shape index (κ1) is 14.7. The van der Waals surface area contributed by atoms with Gasteiger partial charge in [0.05, 0.1) is 17.6 Å². The fraction of sp³-hybridized carbons (Fsp3) is 0.333. The van der Waals surface area contributed by atoms with Gasteiger partial charge in [-0.05, 0) is 15.9 Å². The Kier molecular flexibility index (Phi) is 6.42.